The van der Waals surface area contributed by atoms with E-state index in [1.807, 2.05) is 13.0 Å². The van der Waals surface area contributed by atoms with Crippen molar-refractivity contribution >= 4 is 5.97 Å². The zero-order valence-corrected chi connectivity index (χ0v) is 10.4. The van der Waals surface area contributed by atoms with E-state index < -0.39 is 0 Å². The molecule has 4 N–H and O–H groups in total. The number of hydrogen-bond acceptors (Lipinski definition) is 4. The van der Waals surface area contributed by atoms with Crippen LogP contribution >= 0.6 is 0 Å². The van der Waals surface area contributed by atoms with Gasteiger partial charge in [0, 0.05) is 5.70 Å². The molecule has 4 nitrogen and oxygen atoms in total. The molecule has 0 aromatic carbocycles. The van der Waals surface area contributed by atoms with E-state index in [1.54, 1.807) is 6.08 Å². The maximum atomic E-state index is 11.6. The quantitative estimate of drug-likeness (QED) is 0.577. The largest absolute Gasteiger partial charge is 0.466 e. The molecule has 0 saturated heterocycles. The van der Waals surface area contributed by atoms with Gasteiger partial charge in [-0.3, -0.25) is 4.79 Å². The van der Waals surface area contributed by atoms with Gasteiger partial charge >= 0.3 is 5.97 Å². The predicted octanol–water partition coefficient (Wildman–Crippen LogP) is 1.67. The van der Waals surface area contributed by atoms with Crippen molar-refractivity contribution in [3.05, 3.63) is 24.0 Å². The molecule has 0 unspecified atom stereocenters. The van der Waals surface area contributed by atoms with Gasteiger partial charge in [-0.25, -0.2) is 0 Å². The van der Waals surface area contributed by atoms with Crippen molar-refractivity contribution in [2.24, 2.45) is 23.3 Å². The monoisotopic (exact) mass is 238 g/mol. The highest BCUT2D eigenvalue weighted by atomic mass is 16.5. The van der Waals surface area contributed by atoms with Crippen molar-refractivity contribution in [1.82, 2.24) is 0 Å². The van der Waals surface area contributed by atoms with Gasteiger partial charge in [-0.05, 0) is 56.9 Å². The lowest BCUT2D eigenvalue weighted by Crippen LogP contribution is -2.26. The van der Waals surface area contributed by atoms with Crippen molar-refractivity contribution < 1.29 is 9.53 Å². The fourth-order valence-electron chi connectivity index (χ4n) is 2.23. The van der Waals surface area contributed by atoms with Crippen molar-refractivity contribution in [3.8, 4) is 0 Å². The van der Waals surface area contributed by atoms with Gasteiger partial charge in [0.15, 0.2) is 0 Å². The number of allylic oxidation sites excluding steroid dienone is 3. The van der Waals surface area contributed by atoms with Crippen LogP contribution in [0, 0.1) is 11.8 Å². The molecule has 1 fully saturated rings. The van der Waals surface area contributed by atoms with Crippen LogP contribution in [-0.4, -0.2) is 12.6 Å². The van der Waals surface area contributed by atoms with Gasteiger partial charge in [0.25, 0.3) is 0 Å². The van der Waals surface area contributed by atoms with Crippen LogP contribution in [0.3, 0.4) is 0 Å². The summed E-state index contributed by atoms with van der Waals surface area (Å²) in [6, 6.07) is 0. The molecule has 0 radical (unpaired) electrons. The second-order valence-corrected chi connectivity index (χ2v) is 4.35. The first-order valence-electron chi connectivity index (χ1n) is 6.19. The first kappa shape index (κ1) is 13.6. The number of rotatable bonds is 4. The lowest BCUT2D eigenvalue weighted by molar-refractivity contribution is -0.149. The maximum absolute atomic E-state index is 11.6. The summed E-state index contributed by atoms with van der Waals surface area (Å²) in [6.07, 6.45) is 8.68. The highest BCUT2D eigenvalue weighted by Crippen LogP contribution is 2.32. The predicted molar refractivity (Wildman–Crippen MR) is 67.7 cm³/mol. The van der Waals surface area contributed by atoms with Gasteiger partial charge in [-0.15, -0.1) is 0 Å². The molecule has 0 aromatic heterocycles. The highest BCUT2D eigenvalue weighted by Gasteiger charge is 2.27. The van der Waals surface area contributed by atoms with Crippen LogP contribution < -0.4 is 11.5 Å². The molecule has 1 saturated carbocycles. The number of esters is 1. The standard InChI is InChI=1S/C13H22N2O2/c1-2-17-13(16)11-7-5-10(6-8-11)12(15)4-3-9-14/h3-4,9-11H,2,5-8,14-15H2,1H3/b9-3-,12-4-. The van der Waals surface area contributed by atoms with Gasteiger partial charge in [0.1, 0.15) is 0 Å². The van der Waals surface area contributed by atoms with E-state index in [0.717, 1.165) is 31.4 Å². The van der Waals surface area contributed by atoms with E-state index in [9.17, 15) is 4.79 Å². The first-order chi connectivity index (χ1) is 8.19. The van der Waals surface area contributed by atoms with E-state index in [4.69, 9.17) is 16.2 Å². The fraction of sp³-hybridized carbons (Fsp3) is 0.615. The Kier molecular flexibility index (Phi) is 5.60. The molecule has 0 spiro atoms. The average Bonchev–Trinajstić information content (AvgIpc) is 2.36. The molecular weight excluding hydrogens is 216 g/mol. The normalized spacial score (nSPS) is 26.1. The molecule has 1 aliphatic rings. The maximum Gasteiger partial charge on any atom is 0.308 e. The molecule has 0 bridgehead atoms. The number of nitrogens with two attached hydrogens (primary N) is 2. The van der Waals surface area contributed by atoms with Crippen LogP contribution in [0.1, 0.15) is 32.6 Å². The Morgan fingerprint density at radius 2 is 1.88 bits per heavy atom. The second kappa shape index (κ2) is 6.99. The topological polar surface area (TPSA) is 78.3 Å². The molecule has 96 valence electrons. The molecular formula is C13H22N2O2. The third kappa shape index (κ3) is 4.13. The molecule has 0 aliphatic heterocycles. The summed E-state index contributed by atoms with van der Waals surface area (Å²) in [5, 5.41) is 0. The Balaban J connectivity index is 2.42. The van der Waals surface area contributed by atoms with Crippen molar-refractivity contribution in [3.63, 3.8) is 0 Å². The Morgan fingerprint density at radius 1 is 1.29 bits per heavy atom. The third-order valence-corrected chi connectivity index (χ3v) is 3.22. The molecule has 1 rings (SSSR count). The van der Waals surface area contributed by atoms with Crippen molar-refractivity contribution in [1.29, 1.82) is 0 Å². The van der Waals surface area contributed by atoms with Gasteiger partial charge < -0.3 is 16.2 Å². The smallest absolute Gasteiger partial charge is 0.308 e. The van der Waals surface area contributed by atoms with Gasteiger partial charge in [0.05, 0.1) is 12.5 Å². The first-order valence-corrected chi connectivity index (χ1v) is 6.19. The minimum Gasteiger partial charge on any atom is -0.466 e. The fourth-order valence-corrected chi connectivity index (χ4v) is 2.23. The van der Waals surface area contributed by atoms with Crippen LogP contribution in [0.4, 0.5) is 0 Å². The lowest BCUT2D eigenvalue weighted by atomic mass is 9.80. The number of hydrogen-bond donors (Lipinski definition) is 2. The number of ether oxygens (including phenoxy) is 1. The molecule has 4 heteroatoms. The average molecular weight is 238 g/mol. The van der Waals surface area contributed by atoms with E-state index >= 15 is 0 Å². The van der Waals surface area contributed by atoms with Crippen LogP contribution in [0.5, 0.6) is 0 Å². The van der Waals surface area contributed by atoms with Crippen molar-refractivity contribution in [2.75, 3.05) is 6.61 Å². The van der Waals surface area contributed by atoms with Crippen molar-refractivity contribution in [2.45, 2.75) is 32.6 Å². The van der Waals surface area contributed by atoms with Crippen LogP contribution in [-0.2, 0) is 9.53 Å². The van der Waals surface area contributed by atoms with Crippen LogP contribution in [0.25, 0.3) is 0 Å². The van der Waals surface area contributed by atoms with Crippen LogP contribution in [0.15, 0.2) is 24.0 Å². The Labute approximate surface area is 103 Å². The molecule has 0 aromatic rings. The Morgan fingerprint density at radius 3 is 2.41 bits per heavy atom. The summed E-state index contributed by atoms with van der Waals surface area (Å²) in [4.78, 5) is 11.6. The summed E-state index contributed by atoms with van der Waals surface area (Å²) in [7, 11) is 0. The number of carbonyl (C=O) groups excluding carboxylic acids is 1. The van der Waals surface area contributed by atoms with Crippen LogP contribution in [0.2, 0.25) is 0 Å². The lowest BCUT2D eigenvalue weighted by Gasteiger charge is -2.27. The molecule has 17 heavy (non-hydrogen) atoms. The van der Waals surface area contributed by atoms with E-state index in [-0.39, 0.29) is 11.9 Å². The SMILES string of the molecule is CCOC(=O)C1CCC(/C(N)=C/C=C\N)CC1. The summed E-state index contributed by atoms with van der Waals surface area (Å²) in [5.74, 6) is 0.372. The van der Waals surface area contributed by atoms with E-state index in [1.165, 1.54) is 6.20 Å². The van der Waals surface area contributed by atoms with E-state index in [2.05, 4.69) is 0 Å². The van der Waals surface area contributed by atoms with E-state index in [0.29, 0.717) is 12.5 Å². The summed E-state index contributed by atoms with van der Waals surface area (Å²) < 4.78 is 5.03. The van der Waals surface area contributed by atoms with Gasteiger partial charge in [-0.2, -0.15) is 0 Å². The Bertz CT molecular complexity index is 303. The minimum atomic E-state index is -0.0599. The summed E-state index contributed by atoms with van der Waals surface area (Å²) in [6.45, 7) is 2.30. The summed E-state index contributed by atoms with van der Waals surface area (Å²) in [5.41, 5.74) is 12.1. The second-order valence-electron chi connectivity index (χ2n) is 4.35. The van der Waals surface area contributed by atoms with Gasteiger partial charge in [-0.1, -0.05) is 0 Å². The molecule has 0 amide bonds. The summed E-state index contributed by atoms with van der Waals surface area (Å²) >= 11 is 0. The van der Waals surface area contributed by atoms with Gasteiger partial charge in [0.2, 0.25) is 0 Å². The molecule has 1 aliphatic carbocycles. The zero-order valence-electron chi connectivity index (χ0n) is 10.4. The third-order valence-electron chi connectivity index (χ3n) is 3.22. The molecule has 0 atom stereocenters. The minimum absolute atomic E-state index is 0.0593. The molecule has 0 heterocycles. The number of carbonyl (C=O) groups is 1. The zero-order chi connectivity index (χ0) is 12.7. The Hall–Kier alpha value is -1.45. The highest BCUT2D eigenvalue weighted by molar-refractivity contribution is 5.72.